The Morgan fingerprint density at radius 2 is 2.00 bits per heavy atom. The number of nitrogens with zero attached hydrogens (tertiary/aromatic N) is 1. The van der Waals surface area contributed by atoms with Crippen LogP contribution in [0.5, 0.6) is 5.75 Å². The maximum atomic E-state index is 11.8. The number of aliphatic hydroxyl groups is 1. The molecule has 20 heavy (non-hydrogen) atoms. The second-order valence-electron chi connectivity index (χ2n) is 4.55. The normalized spacial score (nSPS) is 45.5. The van der Waals surface area contributed by atoms with Crippen molar-refractivity contribution >= 4 is 0 Å². The molecule has 1 aliphatic carbocycles. The molecular weight excluding hydrogens is 250 g/mol. The van der Waals surface area contributed by atoms with Gasteiger partial charge in [0.2, 0.25) is 0 Å². The van der Waals surface area contributed by atoms with E-state index in [4.69, 9.17) is 23.3 Å². The molecule has 3 nitrogen and oxygen atoms in total. The van der Waals surface area contributed by atoms with E-state index in [0.29, 0.717) is 0 Å². The van der Waals surface area contributed by atoms with Gasteiger partial charge in [-0.15, -0.1) is 0 Å². The molecule has 0 aromatic heterocycles. The van der Waals surface area contributed by atoms with E-state index in [1.54, 1.807) is 0 Å². The Kier molecular flexibility index (Phi) is 1.47. The number of methoxy groups -OCH3 is 1. The highest BCUT2D eigenvalue weighted by molar-refractivity contribution is 5.31. The molecule has 1 aromatic rings. The van der Waals surface area contributed by atoms with Crippen LogP contribution < -0.4 is 4.74 Å². The van der Waals surface area contributed by atoms with Crippen molar-refractivity contribution in [2.45, 2.75) is 43.4 Å². The first-order valence-corrected chi connectivity index (χ1v) is 5.83. The molecule has 0 saturated heterocycles. The number of ether oxygens (including phenoxy) is 1. The molecule has 1 aromatic carbocycles. The Balaban J connectivity index is 3.08. The van der Waals surface area contributed by atoms with Gasteiger partial charge in [0.05, 0.1) is 22.2 Å². The Labute approximate surface area is 146 Å². The summed E-state index contributed by atoms with van der Waals surface area (Å²) in [5.74, 6) is -3.24. The van der Waals surface area contributed by atoms with Crippen LogP contribution in [0.15, 0.2) is 24.2 Å². The van der Waals surface area contributed by atoms with Crippen LogP contribution in [0.25, 0.3) is 0 Å². The molecule has 0 aliphatic heterocycles. The molecule has 1 aliphatic rings. The molecule has 0 heterocycles. The average molecular weight is 295 g/mol. The zero-order valence-electron chi connectivity index (χ0n) is 28.1. The van der Waals surface area contributed by atoms with Crippen LogP contribution in [0, 0.1) is 0 Å². The minimum atomic E-state index is -3.92. The van der Waals surface area contributed by atoms with E-state index in [2.05, 4.69) is 4.74 Å². The third-order valence-corrected chi connectivity index (χ3v) is 2.76. The lowest BCUT2D eigenvalue weighted by Crippen LogP contribution is -2.42. The van der Waals surface area contributed by atoms with Gasteiger partial charge < -0.3 is 14.7 Å². The van der Waals surface area contributed by atoms with E-state index in [9.17, 15) is 5.11 Å². The summed E-state index contributed by atoms with van der Waals surface area (Å²) in [6.45, 7) is -0.680. The minimum Gasteiger partial charge on any atom is -0.497 e. The fraction of sp³-hybridized carbons (Fsp3) is 0.647. The third kappa shape index (κ3) is 3.53. The second-order valence-corrected chi connectivity index (χ2v) is 4.55. The van der Waals surface area contributed by atoms with Crippen LogP contribution in [0.1, 0.15) is 66.6 Å². The van der Waals surface area contributed by atoms with Crippen molar-refractivity contribution in [1.29, 1.82) is 0 Å². The van der Waals surface area contributed by atoms with Crippen molar-refractivity contribution in [3.8, 4) is 5.75 Å². The molecule has 112 valence electrons. The van der Waals surface area contributed by atoms with Crippen molar-refractivity contribution in [3.05, 3.63) is 29.7 Å². The molecule has 0 bridgehead atoms. The van der Waals surface area contributed by atoms with E-state index in [1.807, 2.05) is 0 Å². The summed E-state index contributed by atoms with van der Waals surface area (Å²) < 4.78 is 142. The van der Waals surface area contributed by atoms with Gasteiger partial charge in [0, 0.05) is 26.2 Å². The van der Waals surface area contributed by atoms with Crippen molar-refractivity contribution in [3.63, 3.8) is 0 Å². The summed E-state index contributed by atoms with van der Waals surface area (Å²) in [4.78, 5) is 1.21. The highest BCUT2D eigenvalue weighted by atomic mass is 16.5. The lowest BCUT2D eigenvalue weighted by atomic mass is 9.72. The summed E-state index contributed by atoms with van der Waals surface area (Å²) in [5.41, 5.74) is -4.70. The van der Waals surface area contributed by atoms with E-state index >= 15 is 0 Å². The second kappa shape index (κ2) is 6.59. The molecular formula is C17H27NO2. The highest BCUT2D eigenvalue weighted by Gasteiger charge is 2.38. The van der Waals surface area contributed by atoms with E-state index in [1.165, 1.54) is 19.0 Å². The summed E-state index contributed by atoms with van der Waals surface area (Å²) in [6, 6.07) is -4.28. The predicted molar refractivity (Wildman–Crippen MR) is 82.3 cm³/mol. The fourth-order valence-electron chi connectivity index (χ4n) is 1.82. The zero-order chi connectivity index (χ0) is 29.5. The molecule has 0 amide bonds. The van der Waals surface area contributed by atoms with Gasteiger partial charge >= 0.3 is 0 Å². The smallest absolute Gasteiger partial charge is 0.118 e. The topological polar surface area (TPSA) is 32.7 Å². The van der Waals surface area contributed by atoms with Gasteiger partial charge in [0.25, 0.3) is 0 Å². The molecule has 2 rings (SSSR count). The first kappa shape index (κ1) is 4.47. The number of hydrogen-bond donors (Lipinski definition) is 1. The number of hydrogen-bond acceptors (Lipinski definition) is 3. The molecule has 1 N–H and O–H groups in total. The van der Waals surface area contributed by atoms with Gasteiger partial charge in [-0.1, -0.05) is 31.2 Å². The Hall–Kier alpha value is -1.06. The summed E-state index contributed by atoms with van der Waals surface area (Å²) >= 11 is 0. The minimum absolute atomic E-state index is 0.680. The molecule has 1 atom stereocenters. The largest absolute Gasteiger partial charge is 0.497 e. The molecule has 3 heteroatoms. The first-order chi connectivity index (χ1) is 16.2. The Morgan fingerprint density at radius 3 is 2.55 bits per heavy atom. The standard InChI is InChI=1S/C17H27NO2/c1-18(2)13-16(17(19)11-5-4-6-12-17)14-7-9-15(20-3)10-8-14/h7-10,16,19H,4-6,11-13H2,1-3H3/i3D3,4D2,5D2,6D2,7D,8D,9D,10D,11D2,12D2. The monoisotopic (exact) mass is 294 g/mol. The first-order valence-electron chi connectivity index (χ1n) is 14.3. The third-order valence-electron chi connectivity index (χ3n) is 2.76. The van der Waals surface area contributed by atoms with Crippen LogP contribution in [-0.4, -0.2) is 43.3 Å². The van der Waals surface area contributed by atoms with Crippen molar-refractivity contribution in [2.75, 3.05) is 27.7 Å². The number of benzene rings is 1. The van der Waals surface area contributed by atoms with Crippen LogP contribution in [0.3, 0.4) is 0 Å². The molecule has 1 saturated carbocycles. The lowest BCUT2D eigenvalue weighted by molar-refractivity contribution is -0.0277. The summed E-state index contributed by atoms with van der Waals surface area (Å²) in [5, 5.41) is 11.8. The summed E-state index contributed by atoms with van der Waals surface area (Å²) in [6.07, 6.45) is -19.4. The van der Waals surface area contributed by atoms with Crippen molar-refractivity contribution in [1.82, 2.24) is 4.90 Å². The van der Waals surface area contributed by atoms with Crippen molar-refractivity contribution in [2.24, 2.45) is 0 Å². The molecule has 1 fully saturated rings. The van der Waals surface area contributed by atoms with E-state index in [-0.39, 0.29) is 0 Å². The highest BCUT2D eigenvalue weighted by Crippen LogP contribution is 2.40. The van der Waals surface area contributed by atoms with Crippen LogP contribution >= 0.6 is 0 Å². The quantitative estimate of drug-likeness (QED) is 0.906. The zero-order valence-corrected chi connectivity index (χ0v) is 11.1. The molecule has 0 spiro atoms. The average Bonchev–Trinajstić information content (AvgIpc) is 2.71. The predicted octanol–water partition coefficient (Wildman–Crippen LogP) is 3.04. The Bertz CT molecular complexity index is 1010. The number of rotatable bonds is 5. The van der Waals surface area contributed by atoms with E-state index < -0.39 is 92.4 Å². The van der Waals surface area contributed by atoms with Crippen molar-refractivity contribution < 1.29 is 33.1 Å². The van der Waals surface area contributed by atoms with E-state index in [0.717, 1.165) is 0 Å². The van der Waals surface area contributed by atoms with Gasteiger partial charge in [-0.3, -0.25) is 0 Å². The number of likely N-dealkylation sites (N-methyl/N-ethyl adjacent to an activating group) is 1. The Morgan fingerprint density at radius 1 is 1.35 bits per heavy atom. The van der Waals surface area contributed by atoms with Crippen LogP contribution in [0.4, 0.5) is 0 Å². The van der Waals surface area contributed by atoms with Gasteiger partial charge in [0.15, 0.2) is 0 Å². The maximum absolute atomic E-state index is 11.8. The summed E-state index contributed by atoms with van der Waals surface area (Å²) in [7, 11) is -0.506. The SMILES string of the molecule is [2H]c1c([2H])c(C(CN(C)C)C2(O)C([2H])([2H])C([2H])([2H])C([2H])([2H])C([2H])([2H])C2([2H])[2H])c([2H])c([2H])c1OC([2H])([2H])[2H]. The van der Waals surface area contributed by atoms with Gasteiger partial charge in [-0.25, -0.2) is 0 Å². The van der Waals surface area contributed by atoms with Gasteiger partial charge in [-0.05, 0) is 44.5 Å². The van der Waals surface area contributed by atoms with Gasteiger partial charge in [0.1, 0.15) is 5.75 Å². The van der Waals surface area contributed by atoms with Crippen LogP contribution in [-0.2, 0) is 0 Å². The fourth-order valence-corrected chi connectivity index (χ4v) is 1.82. The maximum Gasteiger partial charge on any atom is 0.118 e. The lowest BCUT2D eigenvalue weighted by Gasteiger charge is -2.40. The van der Waals surface area contributed by atoms with Crippen LogP contribution in [0.2, 0.25) is 0 Å². The molecule has 0 radical (unpaired) electrons. The molecule has 1 unspecified atom stereocenters. The van der Waals surface area contributed by atoms with Gasteiger partial charge in [-0.2, -0.15) is 0 Å².